The second-order valence-electron chi connectivity index (χ2n) is 4.34. The molecule has 0 radical (unpaired) electrons. The molecule has 1 aliphatic rings. The van der Waals surface area contributed by atoms with Gasteiger partial charge in [-0.2, -0.15) is 0 Å². The Labute approximate surface area is 106 Å². The summed E-state index contributed by atoms with van der Waals surface area (Å²) in [5, 5.41) is 1.18. The van der Waals surface area contributed by atoms with E-state index in [0.717, 1.165) is 37.7 Å². The molecule has 0 spiro atoms. The van der Waals surface area contributed by atoms with Gasteiger partial charge in [0.25, 0.3) is 0 Å². The molecular formula is C13H14Cl2O. The summed E-state index contributed by atoms with van der Waals surface area (Å²) in [4.78, 5) is 11.5. The van der Waals surface area contributed by atoms with Crippen LogP contribution in [0.2, 0.25) is 10.0 Å². The van der Waals surface area contributed by atoms with Crippen LogP contribution < -0.4 is 0 Å². The first-order chi connectivity index (χ1) is 7.66. The van der Waals surface area contributed by atoms with Crippen LogP contribution in [0.3, 0.4) is 0 Å². The van der Waals surface area contributed by atoms with Gasteiger partial charge in [-0.1, -0.05) is 29.3 Å². The highest BCUT2D eigenvalue weighted by Crippen LogP contribution is 2.27. The first-order valence-corrected chi connectivity index (χ1v) is 6.39. The molecule has 1 fully saturated rings. The zero-order chi connectivity index (χ0) is 11.5. The summed E-state index contributed by atoms with van der Waals surface area (Å²) in [6.45, 7) is 0. The van der Waals surface area contributed by atoms with Crippen LogP contribution in [0, 0.1) is 5.92 Å². The molecule has 0 saturated heterocycles. The maximum Gasteiger partial charge on any atom is 0.135 e. The topological polar surface area (TPSA) is 17.1 Å². The zero-order valence-electron chi connectivity index (χ0n) is 9.01. The number of carbonyl (C=O) groups excluding carboxylic acids is 1. The van der Waals surface area contributed by atoms with E-state index in [1.807, 2.05) is 18.2 Å². The standard InChI is InChI=1S/C13H14Cl2O/c14-11-7-5-9(8-12(11)15)4-6-10-2-1-3-13(10)16/h5,7-8,10H,1-4,6H2. The molecule has 16 heavy (non-hydrogen) atoms. The van der Waals surface area contributed by atoms with Crippen molar-refractivity contribution in [3.8, 4) is 0 Å². The summed E-state index contributed by atoms with van der Waals surface area (Å²) in [6, 6.07) is 5.69. The van der Waals surface area contributed by atoms with Crippen molar-refractivity contribution >= 4 is 29.0 Å². The first-order valence-electron chi connectivity index (χ1n) is 5.63. The first kappa shape index (κ1) is 11.9. The van der Waals surface area contributed by atoms with E-state index in [0.29, 0.717) is 15.8 Å². The summed E-state index contributed by atoms with van der Waals surface area (Å²) in [5.74, 6) is 0.703. The van der Waals surface area contributed by atoms with E-state index in [-0.39, 0.29) is 5.92 Å². The lowest BCUT2D eigenvalue weighted by Crippen LogP contribution is -2.07. The minimum atomic E-state index is 0.273. The number of ketones is 1. The van der Waals surface area contributed by atoms with E-state index in [1.54, 1.807) is 0 Å². The van der Waals surface area contributed by atoms with Gasteiger partial charge in [0, 0.05) is 12.3 Å². The zero-order valence-corrected chi connectivity index (χ0v) is 10.5. The van der Waals surface area contributed by atoms with E-state index in [2.05, 4.69) is 0 Å². The fourth-order valence-corrected chi connectivity index (χ4v) is 2.55. The Morgan fingerprint density at radius 1 is 1.25 bits per heavy atom. The molecule has 0 N–H and O–H groups in total. The summed E-state index contributed by atoms with van der Waals surface area (Å²) in [6.07, 6.45) is 4.74. The van der Waals surface area contributed by atoms with Crippen molar-refractivity contribution < 1.29 is 4.79 Å². The van der Waals surface area contributed by atoms with Crippen LogP contribution in [0.15, 0.2) is 18.2 Å². The molecule has 0 heterocycles. The average Bonchev–Trinajstić information content (AvgIpc) is 2.66. The van der Waals surface area contributed by atoms with Crippen molar-refractivity contribution in [1.82, 2.24) is 0 Å². The second kappa shape index (κ2) is 5.20. The van der Waals surface area contributed by atoms with Crippen LogP contribution in [-0.4, -0.2) is 5.78 Å². The molecule has 0 aromatic heterocycles. The van der Waals surface area contributed by atoms with Gasteiger partial charge in [-0.05, 0) is 43.4 Å². The maximum atomic E-state index is 11.5. The minimum Gasteiger partial charge on any atom is -0.299 e. The normalized spacial score (nSPS) is 20.4. The van der Waals surface area contributed by atoms with Gasteiger partial charge in [0.2, 0.25) is 0 Å². The fraction of sp³-hybridized carbons (Fsp3) is 0.462. The molecule has 1 saturated carbocycles. The fourth-order valence-electron chi connectivity index (χ4n) is 2.23. The van der Waals surface area contributed by atoms with Crippen LogP contribution in [0.1, 0.15) is 31.2 Å². The molecular weight excluding hydrogens is 243 g/mol. The van der Waals surface area contributed by atoms with Gasteiger partial charge in [-0.3, -0.25) is 4.79 Å². The lowest BCUT2D eigenvalue weighted by atomic mass is 9.97. The van der Waals surface area contributed by atoms with Gasteiger partial charge < -0.3 is 0 Å². The average molecular weight is 257 g/mol. The van der Waals surface area contributed by atoms with E-state index in [9.17, 15) is 4.79 Å². The Balaban J connectivity index is 1.94. The summed E-state index contributed by atoms with van der Waals surface area (Å²) >= 11 is 11.8. The van der Waals surface area contributed by atoms with E-state index < -0.39 is 0 Å². The van der Waals surface area contributed by atoms with Gasteiger partial charge in [0.05, 0.1) is 10.0 Å². The van der Waals surface area contributed by atoms with Crippen LogP contribution >= 0.6 is 23.2 Å². The molecule has 1 atom stereocenters. The molecule has 0 aliphatic heterocycles. The maximum absolute atomic E-state index is 11.5. The molecule has 0 amide bonds. The van der Waals surface area contributed by atoms with Gasteiger partial charge in [-0.25, -0.2) is 0 Å². The molecule has 0 bridgehead atoms. The third-order valence-electron chi connectivity index (χ3n) is 3.20. The summed E-state index contributed by atoms with van der Waals surface area (Å²) in [7, 11) is 0. The van der Waals surface area contributed by atoms with Crippen molar-refractivity contribution in [2.24, 2.45) is 5.92 Å². The molecule has 2 rings (SSSR count). The monoisotopic (exact) mass is 256 g/mol. The number of rotatable bonds is 3. The molecule has 1 nitrogen and oxygen atoms in total. The van der Waals surface area contributed by atoms with Crippen molar-refractivity contribution in [3.05, 3.63) is 33.8 Å². The van der Waals surface area contributed by atoms with Gasteiger partial charge in [-0.15, -0.1) is 0 Å². The molecule has 3 heteroatoms. The number of aryl methyl sites for hydroxylation is 1. The third kappa shape index (κ3) is 2.78. The number of carbonyl (C=O) groups is 1. The SMILES string of the molecule is O=C1CCCC1CCc1ccc(Cl)c(Cl)c1. The Bertz CT molecular complexity index is 401. The Morgan fingerprint density at radius 2 is 2.06 bits per heavy atom. The Kier molecular flexibility index (Phi) is 3.88. The molecule has 1 aromatic rings. The summed E-state index contributed by atoms with van der Waals surface area (Å²) < 4.78 is 0. The van der Waals surface area contributed by atoms with Crippen LogP contribution in [-0.2, 0) is 11.2 Å². The second-order valence-corrected chi connectivity index (χ2v) is 5.16. The van der Waals surface area contributed by atoms with Crippen molar-refractivity contribution in [3.63, 3.8) is 0 Å². The van der Waals surface area contributed by atoms with Crippen molar-refractivity contribution in [2.45, 2.75) is 32.1 Å². The molecule has 1 unspecified atom stereocenters. The number of halogens is 2. The highest BCUT2D eigenvalue weighted by Gasteiger charge is 2.23. The highest BCUT2D eigenvalue weighted by atomic mass is 35.5. The van der Waals surface area contributed by atoms with Gasteiger partial charge in [0.1, 0.15) is 5.78 Å². The number of hydrogen-bond acceptors (Lipinski definition) is 1. The van der Waals surface area contributed by atoms with Crippen molar-refractivity contribution in [1.29, 1.82) is 0 Å². The van der Waals surface area contributed by atoms with Crippen LogP contribution in [0.4, 0.5) is 0 Å². The van der Waals surface area contributed by atoms with E-state index in [1.165, 1.54) is 0 Å². The Morgan fingerprint density at radius 3 is 2.69 bits per heavy atom. The van der Waals surface area contributed by atoms with Gasteiger partial charge in [0.15, 0.2) is 0 Å². The molecule has 1 aliphatic carbocycles. The number of hydrogen-bond donors (Lipinski definition) is 0. The minimum absolute atomic E-state index is 0.273. The number of benzene rings is 1. The highest BCUT2D eigenvalue weighted by molar-refractivity contribution is 6.42. The van der Waals surface area contributed by atoms with Crippen molar-refractivity contribution in [2.75, 3.05) is 0 Å². The predicted molar refractivity (Wildman–Crippen MR) is 67.1 cm³/mol. The third-order valence-corrected chi connectivity index (χ3v) is 3.94. The van der Waals surface area contributed by atoms with E-state index >= 15 is 0 Å². The van der Waals surface area contributed by atoms with E-state index in [4.69, 9.17) is 23.2 Å². The summed E-state index contributed by atoms with van der Waals surface area (Å²) in [5.41, 5.74) is 1.16. The predicted octanol–water partition coefficient (Wildman–Crippen LogP) is 4.30. The lowest BCUT2D eigenvalue weighted by molar-refractivity contribution is -0.120. The van der Waals surface area contributed by atoms with Gasteiger partial charge >= 0.3 is 0 Å². The smallest absolute Gasteiger partial charge is 0.135 e. The largest absolute Gasteiger partial charge is 0.299 e. The number of Topliss-reactive ketones (excluding diaryl/α,β-unsaturated/α-hetero) is 1. The Hall–Kier alpha value is -0.530. The molecule has 86 valence electrons. The van der Waals surface area contributed by atoms with Crippen LogP contribution in [0.5, 0.6) is 0 Å². The van der Waals surface area contributed by atoms with Crippen LogP contribution in [0.25, 0.3) is 0 Å². The quantitative estimate of drug-likeness (QED) is 0.789. The lowest BCUT2D eigenvalue weighted by Gasteiger charge is -2.08. The molecule has 1 aromatic carbocycles.